The molecule has 31 heavy (non-hydrogen) atoms. The Hall–Kier alpha value is -2.99. The molecule has 1 aliphatic heterocycles. The van der Waals surface area contributed by atoms with Gasteiger partial charge in [0.25, 0.3) is 0 Å². The number of benzene rings is 1. The van der Waals surface area contributed by atoms with Crippen molar-refractivity contribution in [3.63, 3.8) is 0 Å². The van der Waals surface area contributed by atoms with Gasteiger partial charge < -0.3 is 10.6 Å². The molecule has 0 radical (unpaired) electrons. The first kappa shape index (κ1) is 21.2. The first-order chi connectivity index (χ1) is 15.1. The Morgan fingerprint density at radius 3 is 2.87 bits per heavy atom. The molecule has 0 unspecified atom stereocenters. The van der Waals surface area contributed by atoms with E-state index in [1.807, 2.05) is 39.5 Å². The van der Waals surface area contributed by atoms with E-state index in [-0.39, 0.29) is 5.69 Å². The van der Waals surface area contributed by atoms with E-state index in [1.54, 1.807) is 7.05 Å². The molecule has 6 nitrogen and oxygen atoms in total. The third-order valence-corrected chi connectivity index (χ3v) is 5.84. The molecule has 2 aliphatic rings. The first-order valence-corrected chi connectivity index (χ1v) is 11.2. The van der Waals surface area contributed by atoms with Crippen molar-refractivity contribution in [2.24, 2.45) is 4.99 Å². The van der Waals surface area contributed by atoms with Crippen LogP contribution in [0.4, 0.5) is 11.5 Å². The second-order valence-electron chi connectivity index (χ2n) is 7.70. The number of anilines is 2. The minimum Gasteiger partial charge on any atom is -0.366 e. The first-order valence-electron chi connectivity index (χ1n) is 10.8. The molecular weight excluding hydrogens is 410 g/mol. The van der Waals surface area contributed by atoms with Gasteiger partial charge in [-0.05, 0) is 55.2 Å². The van der Waals surface area contributed by atoms with E-state index >= 15 is 0 Å². The SMILES string of the molecule is CCCCn1c2c(n(C3=CC=C(C(=NC)Nc4cccc(Cl)c4)CC3)c1=O)C=CCN2. The molecule has 2 aromatic rings. The fraction of sp³-hybridized carbons (Fsp3) is 0.333. The quantitative estimate of drug-likeness (QED) is 0.479. The topological polar surface area (TPSA) is 63.4 Å². The second-order valence-corrected chi connectivity index (χ2v) is 8.13. The third kappa shape index (κ3) is 4.39. The molecule has 0 amide bonds. The van der Waals surface area contributed by atoms with Crippen LogP contribution < -0.4 is 16.3 Å². The third-order valence-electron chi connectivity index (χ3n) is 5.60. The minimum absolute atomic E-state index is 0.0297. The Kier molecular flexibility index (Phi) is 6.47. The van der Waals surface area contributed by atoms with E-state index in [0.717, 1.165) is 73.1 Å². The number of hydrogen-bond acceptors (Lipinski definition) is 3. The van der Waals surface area contributed by atoms with Gasteiger partial charge >= 0.3 is 5.69 Å². The Bertz CT molecular complexity index is 1150. The van der Waals surface area contributed by atoms with Crippen LogP contribution in [0, 0.1) is 0 Å². The van der Waals surface area contributed by atoms with Crippen LogP contribution in [0.3, 0.4) is 0 Å². The fourth-order valence-electron chi connectivity index (χ4n) is 4.02. The van der Waals surface area contributed by atoms with Crippen molar-refractivity contribution < 1.29 is 0 Å². The molecule has 0 fully saturated rings. The smallest absolute Gasteiger partial charge is 0.334 e. The van der Waals surface area contributed by atoms with Crippen LogP contribution in [0.25, 0.3) is 11.8 Å². The van der Waals surface area contributed by atoms with E-state index < -0.39 is 0 Å². The highest BCUT2D eigenvalue weighted by molar-refractivity contribution is 6.31. The fourth-order valence-corrected chi connectivity index (χ4v) is 4.21. The summed E-state index contributed by atoms with van der Waals surface area (Å²) < 4.78 is 3.73. The number of aliphatic imine (C=N–C) groups is 1. The Morgan fingerprint density at radius 2 is 2.16 bits per heavy atom. The standard InChI is InChI=1S/C24H28ClN5O/c1-3-4-15-29-23-21(9-6-14-27-23)30(24(29)31)20-12-10-17(11-13-20)22(26-2)28-19-8-5-7-18(25)16-19/h5-10,12,16,27H,3-4,11,13-15H2,1-2H3,(H,26,28). The Morgan fingerprint density at radius 1 is 1.29 bits per heavy atom. The molecule has 1 aliphatic carbocycles. The Balaban J connectivity index is 1.64. The molecule has 0 saturated heterocycles. The van der Waals surface area contributed by atoms with Crippen LogP contribution in [-0.4, -0.2) is 28.6 Å². The average Bonchev–Trinajstić information content (AvgIpc) is 3.07. The van der Waals surface area contributed by atoms with Crippen molar-refractivity contribution in [2.45, 2.75) is 39.2 Å². The van der Waals surface area contributed by atoms with Gasteiger partial charge in [-0.1, -0.05) is 43.2 Å². The predicted molar refractivity (Wildman–Crippen MR) is 131 cm³/mol. The lowest BCUT2D eigenvalue weighted by atomic mass is 10.0. The molecule has 162 valence electrons. The number of nitrogens with zero attached hydrogens (tertiary/aromatic N) is 3. The van der Waals surface area contributed by atoms with Gasteiger partial charge in [-0.25, -0.2) is 4.79 Å². The number of rotatable bonds is 6. The van der Waals surface area contributed by atoms with Gasteiger partial charge in [-0.15, -0.1) is 0 Å². The van der Waals surface area contributed by atoms with E-state index in [1.165, 1.54) is 0 Å². The molecule has 2 heterocycles. The maximum Gasteiger partial charge on any atom is 0.334 e. The number of hydrogen-bond donors (Lipinski definition) is 2. The van der Waals surface area contributed by atoms with Gasteiger partial charge in [0.2, 0.25) is 0 Å². The largest absolute Gasteiger partial charge is 0.366 e. The summed E-state index contributed by atoms with van der Waals surface area (Å²) in [5.74, 6) is 1.74. The lowest BCUT2D eigenvalue weighted by Crippen LogP contribution is -2.26. The summed E-state index contributed by atoms with van der Waals surface area (Å²) in [6.45, 7) is 3.62. The van der Waals surface area contributed by atoms with Gasteiger partial charge in [-0.2, -0.15) is 0 Å². The number of nitrogens with one attached hydrogen (secondary N) is 2. The summed E-state index contributed by atoms with van der Waals surface area (Å²) in [5, 5.41) is 7.42. The summed E-state index contributed by atoms with van der Waals surface area (Å²) >= 11 is 6.10. The van der Waals surface area contributed by atoms with Crippen LogP contribution in [-0.2, 0) is 6.54 Å². The van der Waals surface area contributed by atoms with Crippen molar-refractivity contribution in [3.05, 3.63) is 69.3 Å². The molecule has 1 aromatic heterocycles. The number of allylic oxidation sites excluding steroid dienone is 3. The highest BCUT2D eigenvalue weighted by Crippen LogP contribution is 2.29. The summed E-state index contributed by atoms with van der Waals surface area (Å²) in [4.78, 5) is 17.7. The van der Waals surface area contributed by atoms with E-state index in [4.69, 9.17) is 11.6 Å². The van der Waals surface area contributed by atoms with Crippen LogP contribution in [0.1, 0.15) is 38.3 Å². The molecule has 1 aromatic carbocycles. The highest BCUT2D eigenvalue weighted by atomic mass is 35.5. The van der Waals surface area contributed by atoms with E-state index in [9.17, 15) is 4.79 Å². The zero-order valence-electron chi connectivity index (χ0n) is 18.0. The van der Waals surface area contributed by atoms with Crippen molar-refractivity contribution in [3.8, 4) is 0 Å². The predicted octanol–water partition coefficient (Wildman–Crippen LogP) is 5.24. The lowest BCUT2D eigenvalue weighted by molar-refractivity contribution is 0.612. The molecule has 7 heteroatoms. The minimum atomic E-state index is 0.0297. The lowest BCUT2D eigenvalue weighted by Gasteiger charge is -2.19. The maximum atomic E-state index is 13.2. The number of halogens is 1. The number of unbranched alkanes of at least 4 members (excludes halogenated alkanes) is 1. The monoisotopic (exact) mass is 437 g/mol. The normalized spacial score (nSPS) is 15.8. The summed E-state index contributed by atoms with van der Waals surface area (Å²) in [7, 11) is 1.78. The van der Waals surface area contributed by atoms with Gasteiger partial charge in [0.05, 0.1) is 5.69 Å². The van der Waals surface area contributed by atoms with Crippen LogP contribution >= 0.6 is 11.6 Å². The molecular formula is C24H28ClN5O. The van der Waals surface area contributed by atoms with Crippen molar-refractivity contribution in [1.82, 2.24) is 9.13 Å². The summed E-state index contributed by atoms with van der Waals surface area (Å²) in [6, 6.07) is 7.60. The number of imidazole rings is 1. The highest BCUT2D eigenvalue weighted by Gasteiger charge is 2.23. The van der Waals surface area contributed by atoms with Gasteiger partial charge in [0.1, 0.15) is 11.7 Å². The number of aromatic nitrogens is 2. The van der Waals surface area contributed by atoms with Crippen LogP contribution in [0.5, 0.6) is 0 Å². The molecule has 4 rings (SSSR count). The zero-order valence-corrected chi connectivity index (χ0v) is 18.7. The van der Waals surface area contributed by atoms with Crippen molar-refractivity contribution >= 4 is 40.7 Å². The van der Waals surface area contributed by atoms with Crippen molar-refractivity contribution in [2.75, 3.05) is 24.2 Å². The number of amidine groups is 1. The maximum absolute atomic E-state index is 13.2. The number of fused-ring (bicyclic) bond motifs is 1. The average molecular weight is 438 g/mol. The molecule has 2 N–H and O–H groups in total. The Labute approximate surface area is 187 Å². The second kappa shape index (κ2) is 9.43. The molecule has 0 saturated carbocycles. The van der Waals surface area contributed by atoms with Crippen LogP contribution in [0.15, 0.2) is 57.9 Å². The summed E-state index contributed by atoms with van der Waals surface area (Å²) in [6.07, 6.45) is 11.8. The summed E-state index contributed by atoms with van der Waals surface area (Å²) in [5.41, 5.74) is 3.98. The van der Waals surface area contributed by atoms with Crippen molar-refractivity contribution in [1.29, 1.82) is 0 Å². The van der Waals surface area contributed by atoms with Gasteiger partial charge in [0.15, 0.2) is 0 Å². The van der Waals surface area contributed by atoms with Crippen LogP contribution in [0.2, 0.25) is 5.02 Å². The van der Waals surface area contributed by atoms with Gasteiger partial charge in [0, 0.05) is 36.5 Å². The zero-order chi connectivity index (χ0) is 21.8. The van der Waals surface area contributed by atoms with Gasteiger partial charge in [-0.3, -0.25) is 14.1 Å². The molecule has 0 bridgehead atoms. The van der Waals surface area contributed by atoms with E-state index in [2.05, 4.69) is 40.8 Å². The van der Waals surface area contributed by atoms with E-state index in [0.29, 0.717) is 5.02 Å². The molecule has 0 spiro atoms. The molecule has 0 atom stereocenters.